The number of amides is 1. The molecule has 55 heavy (non-hydrogen) atoms. The van der Waals surface area contributed by atoms with Gasteiger partial charge in [0.25, 0.3) is 5.91 Å². The predicted octanol–water partition coefficient (Wildman–Crippen LogP) is 8.60. The molecule has 2 N–H and O–H groups in total. The van der Waals surface area contributed by atoms with E-state index in [0.29, 0.717) is 42.1 Å². The van der Waals surface area contributed by atoms with Gasteiger partial charge in [0.1, 0.15) is 17.4 Å². The molecule has 4 aliphatic rings. The monoisotopic (exact) mass is 740 g/mol. The first-order valence-electron chi connectivity index (χ1n) is 20.3. The van der Waals surface area contributed by atoms with Crippen molar-refractivity contribution in [3.05, 3.63) is 111 Å². The molecule has 286 valence electrons. The molecular weight excluding hydrogens is 689 g/mol. The van der Waals surface area contributed by atoms with Crippen molar-refractivity contribution in [3.8, 4) is 11.1 Å². The number of hydrogen-bond donors (Lipinski definition) is 2. The van der Waals surface area contributed by atoms with E-state index in [9.17, 15) is 19.5 Å². The summed E-state index contributed by atoms with van der Waals surface area (Å²) < 4.78 is 5.58. The zero-order valence-corrected chi connectivity index (χ0v) is 32.1. The second-order valence-corrected chi connectivity index (χ2v) is 16.3. The normalized spacial score (nSPS) is 20.0. The van der Waals surface area contributed by atoms with Crippen LogP contribution in [0.4, 0.5) is 5.69 Å². The number of carbonyl (C=O) groups excluding carboxylic acids is 2. The molecule has 9 nitrogen and oxygen atoms in total. The van der Waals surface area contributed by atoms with Crippen LogP contribution in [0.5, 0.6) is 0 Å². The van der Waals surface area contributed by atoms with E-state index >= 15 is 0 Å². The van der Waals surface area contributed by atoms with Gasteiger partial charge < -0.3 is 15.2 Å². The number of nitrogens with zero attached hydrogens (tertiary/aromatic N) is 3. The highest BCUT2D eigenvalue weighted by Crippen LogP contribution is 2.43. The molecule has 0 bridgehead atoms. The molecule has 1 amide bonds. The van der Waals surface area contributed by atoms with Gasteiger partial charge in [0, 0.05) is 44.3 Å². The standard InChI is InChI=1S/C46H52N4O5/c1-28-33(21-44(51)41-22-39(32-16-17-32)35(25-47-41)26-50-19-4-3-11-43(50)46(53)54)7-5-8-36(28)37-9-6-10-40(29(37)2)49-45(52)42-23-38(31-14-15-31)34(24-48-42)13-12-30-18-20-55-27-30/h5-10,22-25,30-32,43H,3-4,11-21,26-27H2,1-2H3,(H,49,52)(H,53,54)/t30-,43+/m1/s1. The Morgan fingerprint density at radius 1 is 0.818 bits per heavy atom. The van der Waals surface area contributed by atoms with Gasteiger partial charge in [-0.15, -0.1) is 0 Å². The minimum atomic E-state index is -0.765. The van der Waals surface area contributed by atoms with Crippen molar-refractivity contribution in [3.63, 3.8) is 0 Å². The molecule has 2 aliphatic carbocycles. The summed E-state index contributed by atoms with van der Waals surface area (Å²) >= 11 is 0. The van der Waals surface area contributed by atoms with Gasteiger partial charge in [-0.2, -0.15) is 0 Å². The van der Waals surface area contributed by atoms with E-state index in [1.54, 1.807) is 0 Å². The Labute approximate surface area is 323 Å². The summed E-state index contributed by atoms with van der Waals surface area (Å²) in [6, 6.07) is 15.5. The first-order valence-corrected chi connectivity index (χ1v) is 20.3. The summed E-state index contributed by atoms with van der Waals surface area (Å²) in [5.41, 5.74) is 11.3. The van der Waals surface area contributed by atoms with Gasteiger partial charge in [-0.05, 0) is 164 Å². The third-order valence-electron chi connectivity index (χ3n) is 12.4. The number of carbonyl (C=O) groups is 3. The van der Waals surface area contributed by atoms with Gasteiger partial charge >= 0.3 is 5.97 Å². The highest BCUT2D eigenvalue weighted by atomic mass is 16.5. The minimum absolute atomic E-state index is 0.0375. The van der Waals surface area contributed by atoms with E-state index in [1.165, 1.54) is 11.1 Å². The minimum Gasteiger partial charge on any atom is -0.480 e. The van der Waals surface area contributed by atoms with Crippen LogP contribution in [-0.4, -0.2) is 63.4 Å². The zero-order valence-electron chi connectivity index (χ0n) is 32.1. The molecule has 2 atom stereocenters. The Bertz CT molecular complexity index is 2100. The Hall–Kier alpha value is -4.73. The number of carboxylic acids is 1. The SMILES string of the molecule is Cc1c(CC(=O)c2cc(C3CC3)c(CN3CCCC[C@H]3C(=O)O)cn2)cccc1-c1cccc(NC(=O)c2cc(C3CC3)c(CC[C@@H]3CCOC3)cn2)c1C. The highest BCUT2D eigenvalue weighted by Gasteiger charge is 2.33. The number of carboxylic acid groups (broad SMARTS) is 1. The maximum atomic E-state index is 13.8. The summed E-state index contributed by atoms with van der Waals surface area (Å²) in [6.07, 6.45) is 14.2. The molecule has 9 heteroatoms. The lowest BCUT2D eigenvalue weighted by molar-refractivity contribution is -0.144. The third kappa shape index (κ3) is 8.43. The summed E-state index contributed by atoms with van der Waals surface area (Å²) in [5.74, 6) is 0.511. The average molecular weight is 741 g/mol. The Morgan fingerprint density at radius 3 is 2.24 bits per heavy atom. The molecule has 2 aliphatic heterocycles. The van der Waals surface area contributed by atoms with Crippen LogP contribution < -0.4 is 5.32 Å². The van der Waals surface area contributed by atoms with Crippen LogP contribution in [0.3, 0.4) is 0 Å². The molecule has 4 fully saturated rings. The Balaban J connectivity index is 0.971. The highest BCUT2D eigenvalue weighted by molar-refractivity contribution is 6.04. The van der Waals surface area contributed by atoms with E-state index in [4.69, 9.17) is 4.74 Å². The summed E-state index contributed by atoms with van der Waals surface area (Å²) in [4.78, 5) is 50.7. The molecule has 8 rings (SSSR count). The molecular formula is C46H52N4O5. The van der Waals surface area contributed by atoms with Gasteiger partial charge in [-0.3, -0.25) is 29.3 Å². The number of aliphatic carboxylic acids is 1. The van der Waals surface area contributed by atoms with E-state index in [1.807, 2.05) is 55.7 Å². The number of aromatic nitrogens is 2. The maximum Gasteiger partial charge on any atom is 0.320 e. The van der Waals surface area contributed by atoms with Crippen LogP contribution in [0.15, 0.2) is 60.9 Å². The second kappa shape index (κ2) is 16.2. The number of nitrogens with one attached hydrogen (secondary N) is 1. The van der Waals surface area contributed by atoms with Crippen molar-refractivity contribution < 1.29 is 24.2 Å². The van der Waals surface area contributed by atoms with Gasteiger partial charge in [-0.25, -0.2) is 0 Å². The summed E-state index contributed by atoms with van der Waals surface area (Å²) in [7, 11) is 0. The molecule has 4 heterocycles. The third-order valence-corrected chi connectivity index (χ3v) is 12.4. The van der Waals surface area contributed by atoms with Crippen LogP contribution in [-0.2, 0) is 28.9 Å². The molecule has 2 aromatic heterocycles. The number of ether oxygens (including phenoxy) is 1. The van der Waals surface area contributed by atoms with E-state index in [2.05, 4.69) is 39.2 Å². The maximum absolute atomic E-state index is 13.8. The lowest BCUT2D eigenvalue weighted by atomic mass is 9.90. The van der Waals surface area contributed by atoms with Gasteiger partial charge in [0.05, 0.1) is 0 Å². The van der Waals surface area contributed by atoms with Crippen molar-refractivity contribution in [2.45, 2.75) is 109 Å². The molecule has 0 unspecified atom stereocenters. The topological polar surface area (TPSA) is 122 Å². The van der Waals surface area contributed by atoms with Crippen molar-refractivity contribution in [2.75, 3.05) is 25.1 Å². The number of pyridine rings is 2. The smallest absolute Gasteiger partial charge is 0.320 e. The van der Waals surface area contributed by atoms with Crippen molar-refractivity contribution in [1.29, 1.82) is 0 Å². The number of likely N-dealkylation sites (tertiary alicyclic amines) is 1. The molecule has 0 radical (unpaired) electrons. The first kappa shape index (κ1) is 37.2. The van der Waals surface area contributed by atoms with Gasteiger partial charge in [0.2, 0.25) is 0 Å². The van der Waals surface area contributed by atoms with E-state index in [0.717, 1.165) is 122 Å². The largest absolute Gasteiger partial charge is 0.480 e. The second-order valence-electron chi connectivity index (χ2n) is 16.3. The number of piperidine rings is 1. The number of aryl methyl sites for hydroxylation is 1. The van der Waals surface area contributed by atoms with Crippen LogP contribution in [0.1, 0.15) is 130 Å². The number of rotatable bonds is 14. The van der Waals surface area contributed by atoms with Crippen molar-refractivity contribution >= 4 is 23.3 Å². The molecule has 2 saturated heterocycles. The van der Waals surface area contributed by atoms with E-state index in [-0.39, 0.29) is 18.1 Å². The van der Waals surface area contributed by atoms with Crippen LogP contribution in [0, 0.1) is 19.8 Å². The zero-order chi connectivity index (χ0) is 38.1. The summed E-state index contributed by atoms with van der Waals surface area (Å²) in [5, 5.41) is 13.0. The molecule has 2 saturated carbocycles. The lowest BCUT2D eigenvalue weighted by Crippen LogP contribution is -2.44. The fraction of sp³-hybridized carbons (Fsp3) is 0.457. The van der Waals surface area contributed by atoms with Gasteiger partial charge in [0.15, 0.2) is 5.78 Å². The fourth-order valence-corrected chi connectivity index (χ4v) is 8.69. The number of benzene rings is 2. The van der Waals surface area contributed by atoms with Crippen LogP contribution in [0.25, 0.3) is 11.1 Å². The van der Waals surface area contributed by atoms with Crippen LogP contribution in [0.2, 0.25) is 0 Å². The van der Waals surface area contributed by atoms with Crippen molar-refractivity contribution in [2.24, 2.45) is 5.92 Å². The number of hydrogen-bond acceptors (Lipinski definition) is 7. The Morgan fingerprint density at radius 2 is 1.51 bits per heavy atom. The quantitative estimate of drug-likeness (QED) is 0.123. The molecule has 0 spiro atoms. The fourth-order valence-electron chi connectivity index (χ4n) is 8.69. The number of Topliss-reactive ketones (excluding diaryl/α,β-unsaturated/α-hetero) is 1. The number of anilines is 1. The van der Waals surface area contributed by atoms with Gasteiger partial charge in [-0.1, -0.05) is 36.8 Å². The van der Waals surface area contributed by atoms with E-state index < -0.39 is 12.0 Å². The Kier molecular flexibility index (Phi) is 10.9. The first-order chi connectivity index (χ1) is 26.7. The molecule has 2 aromatic carbocycles. The lowest BCUT2D eigenvalue weighted by Gasteiger charge is -2.33. The van der Waals surface area contributed by atoms with Crippen LogP contribution >= 0.6 is 0 Å². The average Bonchev–Trinajstić information content (AvgIpc) is 4.14. The van der Waals surface area contributed by atoms with Crippen molar-refractivity contribution in [1.82, 2.24) is 14.9 Å². The number of ketones is 1. The molecule has 4 aromatic rings. The predicted molar refractivity (Wildman–Crippen MR) is 213 cm³/mol. The summed E-state index contributed by atoms with van der Waals surface area (Å²) in [6.45, 7) is 7.09.